The number of ether oxygens (including phenoxy) is 1. The van der Waals surface area contributed by atoms with Crippen molar-refractivity contribution < 1.29 is 40.7 Å². The number of amides is 1. The third kappa shape index (κ3) is 5.92. The Labute approximate surface area is 165 Å². The quantitative estimate of drug-likeness (QED) is 0.311. The summed E-state index contributed by atoms with van der Waals surface area (Å²) in [5, 5.41) is 4.84. The molecule has 0 radical (unpaired) electrons. The van der Waals surface area contributed by atoms with E-state index >= 15 is 0 Å². The van der Waals surface area contributed by atoms with E-state index in [2.05, 4.69) is 5.32 Å². The van der Waals surface area contributed by atoms with Crippen molar-refractivity contribution in [3.05, 3.63) is 40.9 Å². The molecular weight excluding hydrogens is 422 g/mol. The molecule has 0 atom stereocenters. The van der Waals surface area contributed by atoms with Crippen LogP contribution in [0.15, 0.2) is 29.6 Å². The summed E-state index contributed by atoms with van der Waals surface area (Å²) < 4.78 is 6.55. The summed E-state index contributed by atoms with van der Waals surface area (Å²) in [6.45, 7) is 3.49. The average molecular weight is 442 g/mol. The van der Waals surface area contributed by atoms with E-state index in [0.29, 0.717) is 28.7 Å². The second-order valence-electron chi connectivity index (χ2n) is 5.31. The number of Topliss-reactive ketones (excluding diaryl/α,β-unsaturated/α-hetero) is 1. The van der Waals surface area contributed by atoms with Gasteiger partial charge in [-0.25, -0.2) is 4.57 Å². The summed E-state index contributed by atoms with van der Waals surface area (Å²) in [7, 11) is 0. The number of carbonyl (C=O) groups excluding carboxylic acids is 3. The molecule has 0 unspecified atom stereocenters. The molecule has 0 spiro atoms. The van der Waals surface area contributed by atoms with Crippen molar-refractivity contribution in [2.75, 3.05) is 17.7 Å². The normalized spacial score (nSPS) is 9.92. The molecular formula is C17H20BrN3O4S. The van der Waals surface area contributed by atoms with Crippen molar-refractivity contribution in [2.45, 2.75) is 26.8 Å². The van der Waals surface area contributed by atoms with E-state index in [1.54, 1.807) is 41.1 Å². The SMILES string of the molecule is CCOC(=O)Cc1csc(N)[n+]1CC(=O)c1ccc(NC(C)=O)cc1.[Br-]. The first-order valence-corrected chi connectivity index (χ1v) is 8.60. The predicted molar refractivity (Wildman–Crippen MR) is 94.3 cm³/mol. The van der Waals surface area contributed by atoms with Crippen LogP contribution in [-0.4, -0.2) is 24.3 Å². The van der Waals surface area contributed by atoms with E-state index in [0.717, 1.165) is 0 Å². The number of halogens is 1. The Bertz CT molecular complexity index is 790. The molecule has 0 fully saturated rings. The van der Waals surface area contributed by atoms with Gasteiger partial charge in [-0.15, -0.1) is 0 Å². The van der Waals surface area contributed by atoms with Crippen molar-refractivity contribution >= 4 is 39.8 Å². The number of ketones is 1. The van der Waals surface area contributed by atoms with Gasteiger partial charge in [0.05, 0.1) is 6.61 Å². The van der Waals surface area contributed by atoms with Crippen molar-refractivity contribution in [3.8, 4) is 0 Å². The lowest BCUT2D eigenvalue weighted by atomic mass is 10.1. The van der Waals surface area contributed by atoms with E-state index in [-0.39, 0.29) is 47.6 Å². The maximum atomic E-state index is 12.5. The molecule has 7 nitrogen and oxygen atoms in total. The van der Waals surface area contributed by atoms with Crippen LogP contribution in [0.2, 0.25) is 0 Å². The van der Waals surface area contributed by atoms with E-state index < -0.39 is 0 Å². The van der Waals surface area contributed by atoms with E-state index in [9.17, 15) is 14.4 Å². The number of nitrogens with zero attached hydrogens (tertiary/aromatic N) is 1. The highest BCUT2D eigenvalue weighted by molar-refractivity contribution is 7.13. The first kappa shape index (κ1) is 21.8. The minimum absolute atomic E-state index is 0. The Morgan fingerprint density at radius 3 is 2.46 bits per heavy atom. The van der Waals surface area contributed by atoms with Crippen LogP contribution in [0.3, 0.4) is 0 Å². The number of thiazole rings is 1. The summed E-state index contributed by atoms with van der Waals surface area (Å²) in [6, 6.07) is 6.61. The van der Waals surface area contributed by atoms with Crippen LogP contribution in [0.5, 0.6) is 0 Å². The fourth-order valence-corrected chi connectivity index (χ4v) is 3.03. The van der Waals surface area contributed by atoms with Gasteiger partial charge in [-0.05, 0) is 31.2 Å². The molecule has 0 saturated carbocycles. The first-order valence-electron chi connectivity index (χ1n) is 7.72. The Balaban J connectivity index is 0.00000338. The highest BCUT2D eigenvalue weighted by Gasteiger charge is 2.21. The van der Waals surface area contributed by atoms with E-state index in [1.807, 2.05) is 0 Å². The number of hydrogen-bond acceptors (Lipinski definition) is 6. The lowest BCUT2D eigenvalue weighted by molar-refractivity contribution is -0.671. The first-order chi connectivity index (χ1) is 11.9. The van der Waals surface area contributed by atoms with Crippen LogP contribution in [0.1, 0.15) is 29.9 Å². The number of hydrogen-bond donors (Lipinski definition) is 2. The molecule has 1 heterocycles. The number of carbonyl (C=O) groups is 3. The number of nitrogens with two attached hydrogens (primary N) is 1. The highest BCUT2D eigenvalue weighted by Crippen LogP contribution is 2.13. The molecule has 1 aromatic heterocycles. The second kappa shape index (κ2) is 10.0. The van der Waals surface area contributed by atoms with Crippen LogP contribution < -0.4 is 32.6 Å². The standard InChI is InChI=1S/C17H19N3O4S.BrH/c1-3-24-16(23)8-14-10-25-17(18)20(14)9-15(22)12-4-6-13(7-5-12)19-11(2)21;/h4-7,10,18H,3,8-9H2,1-2H3,(H,19,21,22);1H. The summed E-state index contributed by atoms with van der Waals surface area (Å²) in [6.07, 6.45) is 0.0658. The number of aromatic nitrogens is 1. The second-order valence-corrected chi connectivity index (χ2v) is 6.20. The molecule has 3 N–H and O–H groups in total. The van der Waals surface area contributed by atoms with Gasteiger partial charge in [0.15, 0.2) is 6.54 Å². The molecule has 1 amide bonds. The Morgan fingerprint density at radius 2 is 1.88 bits per heavy atom. The lowest BCUT2D eigenvalue weighted by Crippen LogP contribution is -3.00. The zero-order chi connectivity index (χ0) is 18.4. The fourth-order valence-electron chi connectivity index (χ4n) is 2.25. The third-order valence-corrected chi connectivity index (χ3v) is 4.24. The topological polar surface area (TPSA) is 102 Å². The van der Waals surface area contributed by atoms with Crippen molar-refractivity contribution in [2.24, 2.45) is 0 Å². The van der Waals surface area contributed by atoms with Crippen LogP contribution >= 0.6 is 11.3 Å². The minimum atomic E-state index is -0.360. The van der Waals surface area contributed by atoms with Gasteiger partial charge in [-0.2, -0.15) is 0 Å². The zero-order valence-electron chi connectivity index (χ0n) is 14.5. The van der Waals surface area contributed by atoms with Gasteiger partial charge in [0, 0.05) is 23.6 Å². The maximum absolute atomic E-state index is 12.5. The Hall–Kier alpha value is -2.26. The van der Waals surface area contributed by atoms with Crippen LogP contribution in [0.4, 0.5) is 10.8 Å². The number of esters is 1. The van der Waals surface area contributed by atoms with Gasteiger partial charge in [-0.1, -0.05) is 11.3 Å². The molecule has 0 bridgehead atoms. The molecule has 0 aliphatic rings. The number of anilines is 2. The maximum Gasteiger partial charge on any atom is 0.332 e. The molecule has 0 aliphatic heterocycles. The number of nitrogen functional groups attached to an aromatic ring is 1. The Kier molecular flexibility index (Phi) is 8.40. The largest absolute Gasteiger partial charge is 1.00 e. The van der Waals surface area contributed by atoms with Crippen LogP contribution in [-0.2, 0) is 27.3 Å². The van der Waals surface area contributed by atoms with E-state index in [4.69, 9.17) is 10.5 Å². The van der Waals surface area contributed by atoms with Crippen molar-refractivity contribution in [3.63, 3.8) is 0 Å². The number of nitrogens with one attached hydrogen (secondary N) is 1. The Morgan fingerprint density at radius 1 is 1.23 bits per heavy atom. The van der Waals surface area contributed by atoms with Gasteiger partial charge in [0.25, 0.3) is 0 Å². The monoisotopic (exact) mass is 441 g/mol. The number of rotatable bonds is 7. The van der Waals surface area contributed by atoms with Gasteiger partial charge in [0.2, 0.25) is 11.7 Å². The molecule has 26 heavy (non-hydrogen) atoms. The summed E-state index contributed by atoms with van der Waals surface area (Å²) in [5.74, 6) is -0.681. The van der Waals surface area contributed by atoms with Gasteiger partial charge < -0.3 is 27.0 Å². The third-order valence-electron chi connectivity index (χ3n) is 3.39. The molecule has 0 aliphatic carbocycles. The van der Waals surface area contributed by atoms with Crippen LogP contribution in [0, 0.1) is 0 Å². The molecule has 0 saturated heterocycles. The van der Waals surface area contributed by atoms with Gasteiger partial charge in [-0.3, -0.25) is 20.1 Å². The average Bonchev–Trinajstić information content (AvgIpc) is 2.88. The van der Waals surface area contributed by atoms with Crippen molar-refractivity contribution in [1.82, 2.24) is 0 Å². The van der Waals surface area contributed by atoms with E-state index in [1.165, 1.54) is 18.3 Å². The lowest BCUT2D eigenvalue weighted by Gasteiger charge is -2.06. The smallest absolute Gasteiger partial charge is 0.332 e. The molecule has 9 heteroatoms. The highest BCUT2D eigenvalue weighted by atomic mass is 79.9. The molecule has 1 aromatic carbocycles. The molecule has 2 rings (SSSR count). The van der Waals surface area contributed by atoms with Gasteiger partial charge >= 0.3 is 11.1 Å². The number of benzene rings is 1. The molecule has 140 valence electrons. The minimum Gasteiger partial charge on any atom is -1.00 e. The molecule has 2 aromatic rings. The van der Waals surface area contributed by atoms with Crippen LogP contribution in [0.25, 0.3) is 0 Å². The zero-order valence-corrected chi connectivity index (χ0v) is 16.9. The van der Waals surface area contributed by atoms with Crippen molar-refractivity contribution in [1.29, 1.82) is 0 Å². The summed E-state index contributed by atoms with van der Waals surface area (Å²) >= 11 is 1.27. The summed E-state index contributed by atoms with van der Waals surface area (Å²) in [5.41, 5.74) is 7.68. The fraction of sp³-hybridized carbons (Fsp3) is 0.294. The van der Waals surface area contributed by atoms with Gasteiger partial charge in [0.1, 0.15) is 12.1 Å². The summed E-state index contributed by atoms with van der Waals surface area (Å²) in [4.78, 5) is 35.2. The predicted octanol–water partition coefficient (Wildman–Crippen LogP) is -1.43.